The number of hydrogen-bond acceptors (Lipinski definition) is 1. The van der Waals surface area contributed by atoms with Gasteiger partial charge in [-0.1, -0.05) is 77.1 Å². The van der Waals surface area contributed by atoms with E-state index in [9.17, 15) is 0 Å². The molecule has 1 aromatic heterocycles. The predicted octanol–water partition coefficient (Wildman–Crippen LogP) is 7.01. The Morgan fingerprint density at radius 2 is 1.87 bits per heavy atom. The van der Waals surface area contributed by atoms with Crippen LogP contribution in [-0.4, -0.2) is 0 Å². The highest BCUT2D eigenvalue weighted by atomic mass is 79.9. The van der Waals surface area contributed by atoms with E-state index in [1.807, 2.05) is 49.4 Å². The summed E-state index contributed by atoms with van der Waals surface area (Å²) in [6, 6.07) is 16.4. The maximum atomic E-state index is 6.29. The van der Waals surface area contributed by atoms with Gasteiger partial charge in [-0.05, 0) is 25.1 Å². The molecule has 0 fully saturated rings. The first-order valence-corrected chi connectivity index (χ1v) is 8.27. The van der Waals surface area contributed by atoms with E-state index in [-0.39, 0.29) is 0 Å². The fraction of sp³-hybridized carbons (Fsp3) is 0.0476. The second-order valence-corrected chi connectivity index (χ2v) is 6.09. The Balaban J connectivity index is 2.32. The highest BCUT2D eigenvalue weighted by Gasteiger charge is 2.16. The number of furan rings is 1. The van der Waals surface area contributed by atoms with Crippen LogP contribution in [0.25, 0.3) is 27.7 Å². The minimum atomic E-state index is 0.865. The summed E-state index contributed by atoms with van der Waals surface area (Å²) >= 11 is 3.56. The lowest BCUT2D eigenvalue weighted by atomic mass is 10.0. The van der Waals surface area contributed by atoms with Gasteiger partial charge in [0.1, 0.15) is 11.5 Å². The summed E-state index contributed by atoms with van der Waals surface area (Å²) in [6.45, 7) is 5.80. The summed E-state index contributed by atoms with van der Waals surface area (Å²) in [6.07, 6.45) is 7.79. The summed E-state index contributed by atoms with van der Waals surface area (Å²) in [7, 11) is 0. The lowest BCUT2D eigenvalue weighted by Crippen LogP contribution is -1.78. The topological polar surface area (TPSA) is 13.1 Å². The van der Waals surface area contributed by atoms with Crippen molar-refractivity contribution in [1.82, 2.24) is 0 Å². The van der Waals surface area contributed by atoms with Crippen molar-refractivity contribution in [3.05, 3.63) is 89.6 Å². The van der Waals surface area contributed by atoms with Crippen LogP contribution in [0.2, 0.25) is 0 Å². The molecule has 0 saturated carbocycles. The quantitative estimate of drug-likeness (QED) is 0.453. The number of fused-ring (bicyclic) bond motifs is 1. The summed E-state index contributed by atoms with van der Waals surface area (Å²) in [5.74, 6) is 1.75. The molecule has 0 saturated heterocycles. The van der Waals surface area contributed by atoms with Gasteiger partial charge in [-0.3, -0.25) is 0 Å². The van der Waals surface area contributed by atoms with E-state index in [1.165, 1.54) is 0 Å². The third kappa shape index (κ3) is 3.08. The van der Waals surface area contributed by atoms with Crippen molar-refractivity contribution in [3.63, 3.8) is 0 Å². The van der Waals surface area contributed by atoms with Gasteiger partial charge >= 0.3 is 0 Å². The van der Waals surface area contributed by atoms with E-state index in [1.54, 1.807) is 6.08 Å². The number of rotatable bonds is 4. The number of halogens is 1. The Morgan fingerprint density at radius 1 is 1.09 bits per heavy atom. The van der Waals surface area contributed by atoms with Crippen molar-refractivity contribution >= 4 is 32.3 Å². The van der Waals surface area contributed by atoms with Crippen LogP contribution in [0, 0.1) is 0 Å². The normalized spacial score (nSPS) is 12.2. The predicted molar refractivity (Wildman–Crippen MR) is 102 cm³/mol. The SMILES string of the molecule is C=C/C=C(\C=C/C)c1oc(-c2ccccc2)c2cc(Br)ccc12. The summed E-state index contributed by atoms with van der Waals surface area (Å²) in [5.41, 5.74) is 2.08. The Hall–Kier alpha value is -2.32. The van der Waals surface area contributed by atoms with Crippen molar-refractivity contribution < 1.29 is 4.42 Å². The van der Waals surface area contributed by atoms with E-state index >= 15 is 0 Å². The van der Waals surface area contributed by atoms with Crippen LogP contribution < -0.4 is 0 Å². The molecule has 3 aromatic rings. The molecule has 0 unspecified atom stereocenters. The molecule has 2 heteroatoms. The fourth-order valence-electron chi connectivity index (χ4n) is 2.65. The molecule has 23 heavy (non-hydrogen) atoms. The zero-order valence-electron chi connectivity index (χ0n) is 12.9. The molecule has 0 aliphatic rings. The minimum absolute atomic E-state index is 0.865. The smallest absolute Gasteiger partial charge is 0.142 e. The molecule has 0 aliphatic carbocycles. The molecule has 1 heterocycles. The standard InChI is InChI=1S/C21H17BrO/c1-3-8-15(9-4-2)20-18-13-12-17(22)14-19(18)21(23-20)16-10-6-5-7-11-16/h3-14H,1H2,2H3/b9-4-,15-8+. The van der Waals surface area contributed by atoms with Gasteiger partial charge in [0.2, 0.25) is 0 Å². The average molecular weight is 365 g/mol. The third-order valence-corrected chi connectivity index (χ3v) is 4.11. The van der Waals surface area contributed by atoms with E-state index in [0.717, 1.165) is 37.9 Å². The van der Waals surface area contributed by atoms with Crippen molar-refractivity contribution in [1.29, 1.82) is 0 Å². The van der Waals surface area contributed by atoms with Crippen molar-refractivity contribution in [2.24, 2.45) is 0 Å². The molecular formula is C21H17BrO. The number of hydrogen-bond donors (Lipinski definition) is 0. The van der Waals surface area contributed by atoms with Crippen LogP contribution in [0.15, 0.2) is 88.3 Å². The van der Waals surface area contributed by atoms with Crippen molar-refractivity contribution in [3.8, 4) is 11.3 Å². The molecule has 0 amide bonds. The van der Waals surface area contributed by atoms with Crippen LogP contribution in [0.4, 0.5) is 0 Å². The van der Waals surface area contributed by atoms with Crippen LogP contribution >= 0.6 is 15.9 Å². The summed E-state index contributed by atoms with van der Waals surface area (Å²) < 4.78 is 7.32. The lowest BCUT2D eigenvalue weighted by Gasteiger charge is -1.99. The zero-order valence-corrected chi connectivity index (χ0v) is 14.5. The molecule has 0 bridgehead atoms. The molecule has 0 N–H and O–H groups in total. The number of allylic oxidation sites excluding steroid dienone is 5. The zero-order chi connectivity index (χ0) is 16.2. The van der Waals surface area contributed by atoms with E-state index in [2.05, 4.69) is 46.8 Å². The first kappa shape index (κ1) is 15.6. The first-order valence-electron chi connectivity index (χ1n) is 7.48. The average Bonchev–Trinajstić information content (AvgIpc) is 2.94. The van der Waals surface area contributed by atoms with Gasteiger partial charge in [0.15, 0.2) is 0 Å². The molecule has 0 spiro atoms. The Morgan fingerprint density at radius 3 is 2.57 bits per heavy atom. The maximum absolute atomic E-state index is 6.29. The van der Waals surface area contributed by atoms with Gasteiger partial charge < -0.3 is 4.42 Å². The minimum Gasteiger partial charge on any atom is -0.455 e. The molecule has 0 radical (unpaired) electrons. The van der Waals surface area contributed by atoms with Crippen LogP contribution in [0.3, 0.4) is 0 Å². The van der Waals surface area contributed by atoms with Gasteiger partial charge in [-0.25, -0.2) is 0 Å². The second kappa shape index (κ2) is 6.84. The third-order valence-electron chi connectivity index (χ3n) is 3.62. The van der Waals surface area contributed by atoms with Gasteiger partial charge in [0.05, 0.1) is 0 Å². The number of benzene rings is 2. The second-order valence-electron chi connectivity index (χ2n) is 5.17. The Bertz CT molecular complexity index is 898. The van der Waals surface area contributed by atoms with Gasteiger partial charge in [0, 0.05) is 26.4 Å². The monoisotopic (exact) mass is 364 g/mol. The molecule has 0 atom stereocenters. The van der Waals surface area contributed by atoms with Gasteiger partial charge in [0.25, 0.3) is 0 Å². The van der Waals surface area contributed by atoms with Crippen LogP contribution in [0.5, 0.6) is 0 Å². The molecule has 2 aromatic carbocycles. The molecule has 3 rings (SSSR count). The molecule has 114 valence electrons. The first-order chi connectivity index (χ1) is 11.2. The summed E-state index contributed by atoms with van der Waals surface area (Å²) in [5, 5.41) is 2.19. The van der Waals surface area contributed by atoms with E-state index < -0.39 is 0 Å². The Labute approximate surface area is 144 Å². The van der Waals surface area contributed by atoms with Crippen LogP contribution in [-0.2, 0) is 0 Å². The van der Waals surface area contributed by atoms with Gasteiger partial charge in [-0.15, -0.1) is 0 Å². The van der Waals surface area contributed by atoms with Crippen molar-refractivity contribution in [2.75, 3.05) is 0 Å². The van der Waals surface area contributed by atoms with Crippen LogP contribution in [0.1, 0.15) is 12.7 Å². The Kier molecular flexibility index (Phi) is 4.63. The largest absolute Gasteiger partial charge is 0.455 e. The lowest BCUT2D eigenvalue weighted by molar-refractivity contribution is 0.574. The molecular weight excluding hydrogens is 348 g/mol. The highest BCUT2D eigenvalue weighted by molar-refractivity contribution is 9.10. The molecule has 1 nitrogen and oxygen atoms in total. The highest BCUT2D eigenvalue weighted by Crippen LogP contribution is 2.38. The van der Waals surface area contributed by atoms with Gasteiger partial charge in [-0.2, -0.15) is 0 Å². The van der Waals surface area contributed by atoms with E-state index in [4.69, 9.17) is 4.42 Å². The van der Waals surface area contributed by atoms with Crippen molar-refractivity contribution in [2.45, 2.75) is 6.92 Å². The van der Waals surface area contributed by atoms with E-state index in [0.29, 0.717) is 0 Å². The summed E-state index contributed by atoms with van der Waals surface area (Å²) in [4.78, 5) is 0. The molecule has 0 aliphatic heterocycles. The fourth-order valence-corrected chi connectivity index (χ4v) is 3.01. The maximum Gasteiger partial charge on any atom is 0.142 e.